The Morgan fingerprint density at radius 2 is 2.22 bits per heavy atom. The van der Waals surface area contributed by atoms with Crippen molar-refractivity contribution >= 4 is 27.5 Å². The molecule has 0 spiro atoms. The number of aliphatic hydroxyl groups excluding tert-OH is 1. The minimum absolute atomic E-state index is 0.120. The Morgan fingerprint density at radius 3 is 2.72 bits per heavy atom. The molecule has 1 aliphatic rings. The fourth-order valence-electron chi connectivity index (χ4n) is 1.62. The summed E-state index contributed by atoms with van der Waals surface area (Å²) < 4.78 is 0.154. The molecule has 1 saturated carbocycles. The number of hydrogen-bond donors (Lipinski definition) is 2. The number of nitro groups is 1. The van der Waals surface area contributed by atoms with Crippen molar-refractivity contribution < 1.29 is 14.8 Å². The van der Waals surface area contributed by atoms with Crippen molar-refractivity contribution in [3.8, 4) is 0 Å². The van der Waals surface area contributed by atoms with Crippen molar-refractivity contribution in [2.45, 2.75) is 18.4 Å². The molecule has 1 aromatic rings. The monoisotopic (exact) mass is 314 g/mol. The number of nitrogens with zero attached hydrogens (tertiary/aromatic N) is 1. The summed E-state index contributed by atoms with van der Waals surface area (Å²) in [7, 11) is 0. The zero-order chi connectivity index (χ0) is 13.3. The van der Waals surface area contributed by atoms with Gasteiger partial charge in [-0.05, 0) is 34.8 Å². The van der Waals surface area contributed by atoms with E-state index in [-0.39, 0.29) is 22.3 Å². The predicted octanol–water partition coefficient (Wildman–Crippen LogP) is 1.61. The van der Waals surface area contributed by atoms with Gasteiger partial charge in [-0.15, -0.1) is 0 Å². The highest BCUT2D eigenvalue weighted by molar-refractivity contribution is 9.10. The smallest absolute Gasteiger partial charge is 0.284 e. The van der Waals surface area contributed by atoms with Gasteiger partial charge in [0, 0.05) is 6.07 Å². The number of halogens is 1. The minimum Gasteiger partial charge on any atom is -0.394 e. The van der Waals surface area contributed by atoms with E-state index in [1.165, 1.54) is 18.2 Å². The summed E-state index contributed by atoms with van der Waals surface area (Å²) in [5.41, 5.74) is -0.498. The molecule has 1 aliphatic carbocycles. The standard InChI is InChI=1S/C11H11BrN2O4/c12-9-7(2-1-3-8(9)14(17)18)10(16)13-11(6-15)4-5-11/h1-3,15H,4-6H2,(H,13,16). The number of rotatable bonds is 4. The van der Waals surface area contributed by atoms with E-state index in [9.17, 15) is 14.9 Å². The van der Waals surface area contributed by atoms with Gasteiger partial charge in [0.2, 0.25) is 0 Å². The largest absolute Gasteiger partial charge is 0.394 e. The minimum atomic E-state index is -0.556. The van der Waals surface area contributed by atoms with Crippen LogP contribution in [0.2, 0.25) is 0 Å². The molecule has 0 bridgehead atoms. The zero-order valence-corrected chi connectivity index (χ0v) is 10.9. The molecule has 0 atom stereocenters. The third kappa shape index (κ3) is 2.37. The van der Waals surface area contributed by atoms with Crippen LogP contribution >= 0.6 is 15.9 Å². The summed E-state index contributed by atoms with van der Waals surface area (Å²) in [6.45, 7) is -0.120. The van der Waals surface area contributed by atoms with Crippen molar-refractivity contribution in [3.05, 3.63) is 38.3 Å². The van der Waals surface area contributed by atoms with Crippen LogP contribution in [0.5, 0.6) is 0 Å². The molecule has 18 heavy (non-hydrogen) atoms. The molecule has 1 aromatic carbocycles. The number of nitro benzene ring substituents is 1. The first-order valence-electron chi connectivity index (χ1n) is 5.35. The van der Waals surface area contributed by atoms with Gasteiger partial charge in [0.1, 0.15) is 4.47 Å². The number of benzene rings is 1. The first kappa shape index (κ1) is 13.0. The Hall–Kier alpha value is -1.47. The average Bonchev–Trinajstić information content (AvgIpc) is 3.09. The third-order valence-electron chi connectivity index (χ3n) is 2.95. The number of nitrogens with one attached hydrogen (secondary N) is 1. The summed E-state index contributed by atoms with van der Waals surface area (Å²) in [5.74, 6) is -0.419. The Labute approximate surface area is 111 Å². The molecular formula is C11H11BrN2O4. The predicted molar refractivity (Wildman–Crippen MR) is 67.3 cm³/mol. The van der Waals surface area contributed by atoms with E-state index < -0.39 is 16.4 Å². The molecule has 1 fully saturated rings. The molecule has 0 aromatic heterocycles. The maximum atomic E-state index is 12.0. The van der Waals surface area contributed by atoms with Crippen LogP contribution in [0.4, 0.5) is 5.69 Å². The molecule has 0 saturated heterocycles. The number of amides is 1. The molecule has 0 radical (unpaired) electrons. The molecule has 0 unspecified atom stereocenters. The highest BCUT2D eigenvalue weighted by Crippen LogP contribution is 2.36. The number of hydrogen-bond acceptors (Lipinski definition) is 4. The fraction of sp³-hybridized carbons (Fsp3) is 0.364. The molecule has 6 nitrogen and oxygen atoms in total. The fourth-order valence-corrected chi connectivity index (χ4v) is 2.21. The van der Waals surface area contributed by atoms with Crippen LogP contribution in [-0.2, 0) is 0 Å². The van der Waals surface area contributed by atoms with E-state index in [1.807, 2.05) is 0 Å². The summed E-state index contributed by atoms with van der Waals surface area (Å²) in [6, 6.07) is 4.27. The summed E-state index contributed by atoms with van der Waals surface area (Å²) in [6.07, 6.45) is 1.45. The normalized spacial score (nSPS) is 16.1. The molecule has 2 rings (SSSR count). The number of carbonyl (C=O) groups is 1. The average molecular weight is 315 g/mol. The molecule has 7 heteroatoms. The summed E-state index contributed by atoms with van der Waals surface area (Å²) >= 11 is 3.07. The van der Waals surface area contributed by atoms with Crippen LogP contribution in [0.3, 0.4) is 0 Å². The van der Waals surface area contributed by atoms with Gasteiger partial charge >= 0.3 is 0 Å². The second kappa shape index (κ2) is 4.66. The highest BCUT2D eigenvalue weighted by Gasteiger charge is 2.43. The maximum Gasteiger partial charge on any atom is 0.284 e. The molecule has 1 amide bonds. The van der Waals surface area contributed by atoms with Gasteiger partial charge in [-0.2, -0.15) is 0 Å². The SMILES string of the molecule is O=C(NC1(CO)CC1)c1cccc([N+](=O)[O-])c1Br. The lowest BCUT2D eigenvalue weighted by atomic mass is 10.1. The Bertz CT molecular complexity index is 514. The van der Waals surface area contributed by atoms with E-state index in [4.69, 9.17) is 5.11 Å². The van der Waals surface area contributed by atoms with Gasteiger partial charge in [0.25, 0.3) is 11.6 Å². The van der Waals surface area contributed by atoms with Crippen LogP contribution in [0, 0.1) is 10.1 Å². The molecule has 2 N–H and O–H groups in total. The van der Waals surface area contributed by atoms with Gasteiger partial charge < -0.3 is 10.4 Å². The topological polar surface area (TPSA) is 92.5 Å². The van der Waals surface area contributed by atoms with E-state index in [2.05, 4.69) is 21.2 Å². The van der Waals surface area contributed by atoms with Crippen LogP contribution in [0.25, 0.3) is 0 Å². The Balaban J connectivity index is 2.25. The quantitative estimate of drug-likeness (QED) is 0.652. The molecule has 0 aliphatic heterocycles. The molecule has 0 heterocycles. The van der Waals surface area contributed by atoms with E-state index >= 15 is 0 Å². The Kier molecular flexibility index (Phi) is 3.36. The van der Waals surface area contributed by atoms with Gasteiger partial charge in [0.05, 0.1) is 22.6 Å². The van der Waals surface area contributed by atoms with Gasteiger partial charge in [-0.1, -0.05) is 6.07 Å². The first-order chi connectivity index (χ1) is 8.49. The number of aliphatic hydroxyl groups is 1. The third-order valence-corrected chi connectivity index (χ3v) is 3.79. The maximum absolute atomic E-state index is 12.0. The highest BCUT2D eigenvalue weighted by atomic mass is 79.9. The van der Waals surface area contributed by atoms with Crippen LogP contribution < -0.4 is 5.32 Å². The van der Waals surface area contributed by atoms with Crippen LogP contribution in [0.15, 0.2) is 22.7 Å². The number of carbonyl (C=O) groups excluding carboxylic acids is 1. The first-order valence-corrected chi connectivity index (χ1v) is 6.15. The lowest BCUT2D eigenvalue weighted by Gasteiger charge is -2.14. The van der Waals surface area contributed by atoms with Crippen LogP contribution in [0.1, 0.15) is 23.2 Å². The second-order valence-corrected chi connectivity index (χ2v) is 5.08. The van der Waals surface area contributed by atoms with Crippen molar-refractivity contribution in [3.63, 3.8) is 0 Å². The lowest BCUT2D eigenvalue weighted by Crippen LogP contribution is -2.39. The van der Waals surface area contributed by atoms with Crippen molar-refractivity contribution in [1.82, 2.24) is 5.32 Å². The van der Waals surface area contributed by atoms with Gasteiger partial charge in [-0.3, -0.25) is 14.9 Å². The Morgan fingerprint density at radius 1 is 1.56 bits per heavy atom. The molecule has 96 valence electrons. The van der Waals surface area contributed by atoms with Crippen molar-refractivity contribution in [2.24, 2.45) is 0 Å². The second-order valence-electron chi connectivity index (χ2n) is 4.29. The van der Waals surface area contributed by atoms with Crippen molar-refractivity contribution in [2.75, 3.05) is 6.61 Å². The zero-order valence-electron chi connectivity index (χ0n) is 9.35. The van der Waals surface area contributed by atoms with E-state index in [1.54, 1.807) is 0 Å². The van der Waals surface area contributed by atoms with Gasteiger partial charge in [0.15, 0.2) is 0 Å². The summed E-state index contributed by atoms with van der Waals surface area (Å²) in [5, 5.41) is 22.6. The van der Waals surface area contributed by atoms with Crippen molar-refractivity contribution in [1.29, 1.82) is 0 Å². The molecular weight excluding hydrogens is 304 g/mol. The van der Waals surface area contributed by atoms with E-state index in [0.29, 0.717) is 0 Å². The summed E-state index contributed by atoms with van der Waals surface area (Å²) in [4.78, 5) is 22.2. The lowest BCUT2D eigenvalue weighted by molar-refractivity contribution is -0.385. The van der Waals surface area contributed by atoms with Crippen LogP contribution in [-0.4, -0.2) is 28.1 Å². The van der Waals surface area contributed by atoms with Gasteiger partial charge in [-0.25, -0.2) is 0 Å². The van der Waals surface area contributed by atoms with E-state index in [0.717, 1.165) is 12.8 Å².